The first kappa shape index (κ1) is 10.9. The highest BCUT2D eigenvalue weighted by atomic mass is 32.1. The molecular weight excluding hydrogens is 196 g/mol. The molecule has 0 fully saturated rings. The lowest BCUT2D eigenvalue weighted by atomic mass is 10.2. The van der Waals surface area contributed by atoms with Crippen LogP contribution in [0.2, 0.25) is 0 Å². The summed E-state index contributed by atoms with van der Waals surface area (Å²) >= 11 is 1.46. The Morgan fingerprint density at radius 1 is 1.64 bits per heavy atom. The first-order valence-corrected chi connectivity index (χ1v) is 5.40. The molecule has 0 saturated carbocycles. The van der Waals surface area contributed by atoms with Gasteiger partial charge in [0.2, 0.25) is 5.91 Å². The SMILES string of the molecule is C/C=C/C(=O)Nc1nc(C(C)C)cs1. The van der Waals surface area contributed by atoms with E-state index in [2.05, 4.69) is 24.1 Å². The Balaban J connectivity index is 2.64. The second kappa shape index (κ2) is 4.91. The maximum absolute atomic E-state index is 11.2. The largest absolute Gasteiger partial charge is 0.298 e. The first-order valence-electron chi connectivity index (χ1n) is 4.52. The number of anilines is 1. The van der Waals surface area contributed by atoms with Crippen molar-refractivity contribution in [2.24, 2.45) is 0 Å². The predicted octanol–water partition coefficient (Wildman–Crippen LogP) is 2.78. The molecule has 1 heterocycles. The Kier molecular flexibility index (Phi) is 3.83. The van der Waals surface area contributed by atoms with Crippen LogP contribution in [0.15, 0.2) is 17.5 Å². The number of rotatable bonds is 3. The van der Waals surface area contributed by atoms with Gasteiger partial charge in [0, 0.05) is 5.38 Å². The van der Waals surface area contributed by atoms with Gasteiger partial charge in [0.25, 0.3) is 0 Å². The molecule has 0 radical (unpaired) electrons. The minimum Gasteiger partial charge on any atom is -0.298 e. The predicted molar refractivity (Wildman–Crippen MR) is 59.6 cm³/mol. The van der Waals surface area contributed by atoms with E-state index in [1.165, 1.54) is 17.4 Å². The van der Waals surface area contributed by atoms with Gasteiger partial charge in [-0.05, 0) is 18.9 Å². The summed E-state index contributed by atoms with van der Waals surface area (Å²) in [5, 5.41) is 5.33. The molecule has 0 bridgehead atoms. The smallest absolute Gasteiger partial charge is 0.249 e. The fraction of sp³-hybridized carbons (Fsp3) is 0.400. The fourth-order valence-electron chi connectivity index (χ4n) is 0.907. The van der Waals surface area contributed by atoms with E-state index in [0.717, 1.165) is 5.69 Å². The van der Waals surface area contributed by atoms with Crippen molar-refractivity contribution in [3.8, 4) is 0 Å². The standard InChI is InChI=1S/C10H14N2OS/c1-4-5-9(13)12-10-11-8(6-14-10)7(2)3/h4-7H,1-3H3,(H,11,12,13)/b5-4+. The minimum atomic E-state index is -0.128. The van der Waals surface area contributed by atoms with Crippen molar-refractivity contribution in [3.63, 3.8) is 0 Å². The van der Waals surface area contributed by atoms with Crippen molar-refractivity contribution in [2.45, 2.75) is 26.7 Å². The third-order valence-corrected chi connectivity index (χ3v) is 2.44. The lowest BCUT2D eigenvalue weighted by Crippen LogP contribution is -2.07. The molecule has 0 aliphatic rings. The van der Waals surface area contributed by atoms with Gasteiger partial charge in [-0.25, -0.2) is 4.98 Å². The van der Waals surface area contributed by atoms with Crippen LogP contribution in [0, 0.1) is 0 Å². The number of hydrogen-bond acceptors (Lipinski definition) is 3. The van der Waals surface area contributed by atoms with Gasteiger partial charge in [0.1, 0.15) is 0 Å². The van der Waals surface area contributed by atoms with Crippen LogP contribution in [0.25, 0.3) is 0 Å². The zero-order valence-corrected chi connectivity index (χ0v) is 9.39. The Morgan fingerprint density at radius 3 is 2.86 bits per heavy atom. The average Bonchev–Trinajstić information content (AvgIpc) is 2.53. The number of aromatic nitrogens is 1. The van der Waals surface area contributed by atoms with Gasteiger partial charge in [0.05, 0.1) is 5.69 Å². The van der Waals surface area contributed by atoms with Gasteiger partial charge >= 0.3 is 0 Å². The number of nitrogens with one attached hydrogen (secondary N) is 1. The Morgan fingerprint density at radius 2 is 2.36 bits per heavy atom. The van der Waals surface area contributed by atoms with E-state index in [1.54, 1.807) is 13.0 Å². The number of hydrogen-bond donors (Lipinski definition) is 1. The van der Waals surface area contributed by atoms with Gasteiger partial charge in [-0.15, -0.1) is 11.3 Å². The van der Waals surface area contributed by atoms with Crippen LogP contribution in [0.4, 0.5) is 5.13 Å². The van der Waals surface area contributed by atoms with E-state index in [9.17, 15) is 4.79 Å². The van der Waals surface area contributed by atoms with Crippen LogP contribution in [-0.4, -0.2) is 10.9 Å². The maximum Gasteiger partial charge on any atom is 0.249 e. The van der Waals surface area contributed by atoms with Crippen LogP contribution in [-0.2, 0) is 4.79 Å². The highest BCUT2D eigenvalue weighted by Crippen LogP contribution is 2.21. The van der Waals surface area contributed by atoms with Crippen molar-refractivity contribution in [1.82, 2.24) is 4.98 Å². The third kappa shape index (κ3) is 2.96. The lowest BCUT2D eigenvalue weighted by molar-refractivity contribution is -0.111. The van der Waals surface area contributed by atoms with E-state index in [-0.39, 0.29) is 5.91 Å². The highest BCUT2D eigenvalue weighted by Gasteiger charge is 2.06. The topological polar surface area (TPSA) is 42.0 Å². The summed E-state index contributed by atoms with van der Waals surface area (Å²) in [6.07, 6.45) is 3.18. The molecule has 1 aromatic rings. The second-order valence-corrected chi connectivity index (χ2v) is 4.08. The fourth-order valence-corrected chi connectivity index (χ4v) is 1.78. The van der Waals surface area contributed by atoms with Gasteiger partial charge in [-0.2, -0.15) is 0 Å². The quantitative estimate of drug-likeness (QED) is 0.779. The maximum atomic E-state index is 11.2. The summed E-state index contributed by atoms with van der Waals surface area (Å²) in [5.74, 6) is 0.274. The monoisotopic (exact) mass is 210 g/mol. The molecule has 0 spiro atoms. The van der Waals surface area contributed by atoms with E-state index >= 15 is 0 Å². The number of nitrogens with zero attached hydrogens (tertiary/aromatic N) is 1. The molecular formula is C10H14N2OS. The van der Waals surface area contributed by atoms with Crippen LogP contribution >= 0.6 is 11.3 Å². The van der Waals surface area contributed by atoms with Gasteiger partial charge in [-0.1, -0.05) is 19.9 Å². The molecule has 4 heteroatoms. The van der Waals surface area contributed by atoms with Crippen LogP contribution in [0.5, 0.6) is 0 Å². The molecule has 0 unspecified atom stereocenters. The molecule has 0 aliphatic heterocycles. The summed E-state index contributed by atoms with van der Waals surface area (Å²) < 4.78 is 0. The molecule has 14 heavy (non-hydrogen) atoms. The summed E-state index contributed by atoms with van der Waals surface area (Å²) in [7, 11) is 0. The molecule has 1 N–H and O–H groups in total. The summed E-state index contributed by atoms with van der Waals surface area (Å²) in [5.41, 5.74) is 1.02. The zero-order valence-electron chi connectivity index (χ0n) is 8.57. The van der Waals surface area contributed by atoms with Crippen LogP contribution < -0.4 is 5.32 Å². The molecule has 0 aromatic carbocycles. The van der Waals surface area contributed by atoms with E-state index in [4.69, 9.17) is 0 Å². The molecule has 1 rings (SSSR count). The van der Waals surface area contributed by atoms with Crippen LogP contribution in [0.1, 0.15) is 32.4 Å². The van der Waals surface area contributed by atoms with Crippen molar-refractivity contribution >= 4 is 22.4 Å². The number of amides is 1. The van der Waals surface area contributed by atoms with Crippen molar-refractivity contribution in [2.75, 3.05) is 5.32 Å². The van der Waals surface area contributed by atoms with Crippen molar-refractivity contribution < 1.29 is 4.79 Å². The highest BCUT2D eigenvalue weighted by molar-refractivity contribution is 7.13. The van der Waals surface area contributed by atoms with E-state index in [1.807, 2.05) is 5.38 Å². The second-order valence-electron chi connectivity index (χ2n) is 3.22. The minimum absolute atomic E-state index is 0.128. The third-order valence-electron chi connectivity index (χ3n) is 1.66. The van der Waals surface area contributed by atoms with Crippen molar-refractivity contribution in [3.05, 3.63) is 23.2 Å². The molecule has 0 saturated heterocycles. The van der Waals surface area contributed by atoms with Gasteiger partial charge in [-0.3, -0.25) is 10.1 Å². The van der Waals surface area contributed by atoms with E-state index in [0.29, 0.717) is 11.0 Å². The van der Waals surface area contributed by atoms with Crippen LogP contribution in [0.3, 0.4) is 0 Å². The lowest BCUT2D eigenvalue weighted by Gasteiger charge is -1.97. The normalized spacial score (nSPS) is 11.1. The summed E-state index contributed by atoms with van der Waals surface area (Å²) in [6.45, 7) is 5.96. The molecule has 3 nitrogen and oxygen atoms in total. The van der Waals surface area contributed by atoms with Gasteiger partial charge in [0.15, 0.2) is 5.13 Å². The molecule has 1 aromatic heterocycles. The zero-order chi connectivity index (χ0) is 10.6. The first-order chi connectivity index (χ1) is 6.63. The Labute approximate surface area is 87.9 Å². The average molecular weight is 210 g/mol. The Bertz CT molecular complexity index is 342. The molecule has 1 amide bonds. The molecule has 76 valence electrons. The van der Waals surface area contributed by atoms with E-state index < -0.39 is 0 Å². The van der Waals surface area contributed by atoms with Crippen molar-refractivity contribution in [1.29, 1.82) is 0 Å². The number of carbonyl (C=O) groups excluding carboxylic acids is 1. The number of allylic oxidation sites excluding steroid dienone is 1. The summed E-state index contributed by atoms with van der Waals surface area (Å²) in [6, 6.07) is 0. The summed E-state index contributed by atoms with van der Waals surface area (Å²) in [4.78, 5) is 15.4. The number of carbonyl (C=O) groups is 1. The van der Waals surface area contributed by atoms with Gasteiger partial charge < -0.3 is 0 Å². The molecule has 0 aliphatic carbocycles. The number of thiazole rings is 1. The Hall–Kier alpha value is -1.16. The molecule has 0 atom stereocenters.